The van der Waals surface area contributed by atoms with Gasteiger partial charge < -0.3 is 15.3 Å². The lowest BCUT2D eigenvalue weighted by molar-refractivity contribution is -0.102. The molecule has 0 bridgehead atoms. The maximum absolute atomic E-state index is 9.64. The summed E-state index contributed by atoms with van der Waals surface area (Å²) in [4.78, 5) is 0. The topological polar surface area (TPSA) is 60.7 Å². The molecular formula is C13H24O3. The van der Waals surface area contributed by atoms with Crippen LogP contribution in [0.4, 0.5) is 0 Å². The Kier molecular flexibility index (Phi) is 4.22. The van der Waals surface area contributed by atoms with Crippen molar-refractivity contribution in [1.29, 1.82) is 0 Å². The summed E-state index contributed by atoms with van der Waals surface area (Å²) in [6.07, 6.45) is 6.74. The lowest BCUT2D eigenvalue weighted by Gasteiger charge is -2.36. The predicted molar refractivity (Wildman–Crippen MR) is 61.9 cm³/mol. The molecule has 0 aromatic heterocycles. The Hall–Kier alpha value is -0.120. The quantitative estimate of drug-likeness (QED) is 0.670. The van der Waals surface area contributed by atoms with Gasteiger partial charge in [0.25, 0.3) is 0 Å². The minimum Gasteiger partial charge on any atom is -0.390 e. The van der Waals surface area contributed by atoms with Crippen LogP contribution in [0.25, 0.3) is 0 Å². The smallest absolute Gasteiger partial charge is 0.106 e. The van der Waals surface area contributed by atoms with Crippen molar-refractivity contribution in [3.05, 3.63) is 0 Å². The Morgan fingerprint density at radius 3 is 1.88 bits per heavy atom. The normalized spacial score (nSPS) is 42.2. The van der Waals surface area contributed by atoms with Gasteiger partial charge in [0.15, 0.2) is 0 Å². The van der Waals surface area contributed by atoms with Gasteiger partial charge in [-0.2, -0.15) is 0 Å². The monoisotopic (exact) mass is 228 g/mol. The highest BCUT2D eigenvalue weighted by Gasteiger charge is 2.35. The van der Waals surface area contributed by atoms with E-state index in [1.54, 1.807) is 0 Å². The van der Waals surface area contributed by atoms with E-state index in [1.807, 2.05) is 0 Å². The second kappa shape index (κ2) is 5.48. The van der Waals surface area contributed by atoms with Crippen LogP contribution in [0.1, 0.15) is 51.4 Å². The highest BCUT2D eigenvalue weighted by Crippen LogP contribution is 2.35. The van der Waals surface area contributed by atoms with Gasteiger partial charge in [0.2, 0.25) is 0 Å². The molecule has 2 fully saturated rings. The van der Waals surface area contributed by atoms with Crippen molar-refractivity contribution in [2.75, 3.05) is 0 Å². The Morgan fingerprint density at radius 1 is 0.750 bits per heavy atom. The third-order valence-electron chi connectivity index (χ3n) is 4.33. The van der Waals surface area contributed by atoms with Crippen molar-refractivity contribution in [2.45, 2.75) is 69.7 Å². The molecule has 0 heterocycles. The average molecular weight is 228 g/mol. The summed E-state index contributed by atoms with van der Waals surface area (Å²) in [5.74, 6) is 1.19. The molecule has 3 heteroatoms. The van der Waals surface area contributed by atoms with Crippen molar-refractivity contribution in [1.82, 2.24) is 0 Å². The van der Waals surface area contributed by atoms with Gasteiger partial charge in [-0.25, -0.2) is 0 Å². The summed E-state index contributed by atoms with van der Waals surface area (Å²) >= 11 is 0. The molecule has 2 unspecified atom stereocenters. The van der Waals surface area contributed by atoms with E-state index in [1.165, 1.54) is 32.1 Å². The second-order valence-corrected chi connectivity index (χ2v) is 5.70. The van der Waals surface area contributed by atoms with Gasteiger partial charge in [0.1, 0.15) is 6.10 Å². The third-order valence-corrected chi connectivity index (χ3v) is 4.33. The van der Waals surface area contributed by atoms with Crippen LogP contribution in [0, 0.1) is 11.8 Å². The van der Waals surface area contributed by atoms with E-state index in [0.29, 0.717) is 18.8 Å². The SMILES string of the molecule is OC1CC(CC2CCCCC2)CC(O)C1O. The van der Waals surface area contributed by atoms with E-state index in [-0.39, 0.29) is 0 Å². The molecule has 2 atom stereocenters. The highest BCUT2D eigenvalue weighted by molar-refractivity contribution is 4.87. The first-order chi connectivity index (χ1) is 7.66. The Balaban J connectivity index is 1.81. The van der Waals surface area contributed by atoms with Crippen molar-refractivity contribution in [3.63, 3.8) is 0 Å². The first-order valence-electron chi connectivity index (χ1n) is 6.71. The number of aliphatic hydroxyl groups is 3. The first-order valence-corrected chi connectivity index (χ1v) is 6.71. The molecule has 0 radical (unpaired) electrons. The fraction of sp³-hybridized carbons (Fsp3) is 1.00. The lowest BCUT2D eigenvalue weighted by Crippen LogP contribution is -2.44. The van der Waals surface area contributed by atoms with Gasteiger partial charge in [-0.15, -0.1) is 0 Å². The summed E-state index contributed by atoms with van der Waals surface area (Å²) in [6.45, 7) is 0. The summed E-state index contributed by atoms with van der Waals surface area (Å²) in [5, 5.41) is 28.7. The zero-order valence-corrected chi connectivity index (χ0v) is 9.89. The molecule has 0 aromatic carbocycles. The number of rotatable bonds is 2. The van der Waals surface area contributed by atoms with Crippen LogP contribution in [0.5, 0.6) is 0 Å². The van der Waals surface area contributed by atoms with E-state index in [4.69, 9.17) is 0 Å². The first kappa shape index (κ1) is 12.3. The summed E-state index contributed by atoms with van der Waals surface area (Å²) in [7, 11) is 0. The molecular weight excluding hydrogens is 204 g/mol. The number of hydrogen-bond donors (Lipinski definition) is 3. The summed E-state index contributed by atoms with van der Waals surface area (Å²) in [6, 6.07) is 0. The van der Waals surface area contributed by atoms with Crippen LogP contribution >= 0.6 is 0 Å². The zero-order valence-electron chi connectivity index (χ0n) is 9.89. The van der Waals surface area contributed by atoms with Crippen LogP contribution in [0.2, 0.25) is 0 Å². The molecule has 0 amide bonds. The maximum atomic E-state index is 9.64. The molecule has 3 N–H and O–H groups in total. The van der Waals surface area contributed by atoms with Crippen molar-refractivity contribution in [2.24, 2.45) is 11.8 Å². The number of hydrogen-bond acceptors (Lipinski definition) is 3. The van der Waals surface area contributed by atoms with Gasteiger partial charge in [0.05, 0.1) is 12.2 Å². The Bertz CT molecular complexity index is 201. The highest BCUT2D eigenvalue weighted by atomic mass is 16.4. The Morgan fingerprint density at radius 2 is 1.31 bits per heavy atom. The zero-order chi connectivity index (χ0) is 11.5. The van der Waals surface area contributed by atoms with E-state index < -0.39 is 18.3 Å². The molecule has 0 saturated heterocycles. The largest absolute Gasteiger partial charge is 0.390 e. The van der Waals surface area contributed by atoms with E-state index in [2.05, 4.69) is 0 Å². The lowest BCUT2D eigenvalue weighted by atomic mass is 9.75. The molecule has 0 spiro atoms. The van der Waals surface area contributed by atoms with Crippen LogP contribution < -0.4 is 0 Å². The van der Waals surface area contributed by atoms with Gasteiger partial charge in [-0.1, -0.05) is 32.1 Å². The summed E-state index contributed by atoms with van der Waals surface area (Å²) < 4.78 is 0. The van der Waals surface area contributed by atoms with Crippen molar-refractivity contribution >= 4 is 0 Å². The van der Waals surface area contributed by atoms with Gasteiger partial charge in [-0.05, 0) is 31.1 Å². The van der Waals surface area contributed by atoms with Gasteiger partial charge in [0, 0.05) is 0 Å². The molecule has 94 valence electrons. The van der Waals surface area contributed by atoms with E-state index in [9.17, 15) is 15.3 Å². The molecule has 0 aliphatic heterocycles. The molecule has 16 heavy (non-hydrogen) atoms. The molecule has 2 aliphatic carbocycles. The van der Waals surface area contributed by atoms with Crippen LogP contribution in [-0.4, -0.2) is 33.6 Å². The third kappa shape index (κ3) is 2.96. The van der Waals surface area contributed by atoms with Crippen LogP contribution in [0.15, 0.2) is 0 Å². The van der Waals surface area contributed by atoms with Gasteiger partial charge >= 0.3 is 0 Å². The van der Waals surface area contributed by atoms with Crippen molar-refractivity contribution in [3.8, 4) is 0 Å². The maximum Gasteiger partial charge on any atom is 0.106 e. The molecule has 2 rings (SSSR count). The van der Waals surface area contributed by atoms with Gasteiger partial charge in [-0.3, -0.25) is 0 Å². The van der Waals surface area contributed by atoms with Crippen LogP contribution in [-0.2, 0) is 0 Å². The molecule has 3 nitrogen and oxygen atoms in total. The minimum absolute atomic E-state index is 0.400. The molecule has 2 aliphatic rings. The second-order valence-electron chi connectivity index (χ2n) is 5.70. The number of aliphatic hydroxyl groups excluding tert-OH is 3. The van der Waals surface area contributed by atoms with Crippen LogP contribution in [0.3, 0.4) is 0 Å². The standard InChI is InChI=1S/C13H24O3/c14-11-7-10(8-12(15)13(11)16)6-9-4-2-1-3-5-9/h9-16H,1-8H2. The predicted octanol–water partition coefficient (Wildman–Crippen LogP) is 1.45. The fourth-order valence-electron chi connectivity index (χ4n) is 3.40. The van der Waals surface area contributed by atoms with E-state index in [0.717, 1.165) is 12.3 Å². The average Bonchev–Trinajstić information content (AvgIpc) is 2.27. The summed E-state index contributed by atoms with van der Waals surface area (Å²) in [5.41, 5.74) is 0. The minimum atomic E-state index is -0.928. The molecule has 2 saturated carbocycles. The molecule has 0 aromatic rings. The van der Waals surface area contributed by atoms with Crippen molar-refractivity contribution < 1.29 is 15.3 Å². The van der Waals surface area contributed by atoms with E-state index >= 15 is 0 Å². The Labute approximate surface area is 97.5 Å². The fourth-order valence-corrected chi connectivity index (χ4v) is 3.40.